The van der Waals surface area contributed by atoms with Gasteiger partial charge in [-0.3, -0.25) is 4.90 Å². The van der Waals surface area contributed by atoms with Crippen LogP contribution in [-0.4, -0.2) is 24.0 Å². The molecule has 0 bridgehead atoms. The fourth-order valence-corrected chi connectivity index (χ4v) is 4.09. The van der Waals surface area contributed by atoms with Gasteiger partial charge in [0.2, 0.25) is 0 Å². The van der Waals surface area contributed by atoms with Gasteiger partial charge < -0.3 is 5.73 Å². The number of halogens is 1. The lowest BCUT2D eigenvalue weighted by Gasteiger charge is -2.27. The standard InChI is InChI=1S/C12H19BrN2S/c1-8-5-10(6-14)7-15(8)9(2)11-3-4-12(13)16-11/h3-4,8-10H,5-7,14H2,1-2H3. The predicted molar refractivity (Wildman–Crippen MR) is 73.8 cm³/mol. The van der Waals surface area contributed by atoms with Gasteiger partial charge in [0, 0.05) is 23.5 Å². The van der Waals surface area contributed by atoms with Gasteiger partial charge in [0.1, 0.15) is 0 Å². The first-order valence-electron chi connectivity index (χ1n) is 5.83. The Morgan fingerprint density at radius 3 is 2.88 bits per heavy atom. The maximum absolute atomic E-state index is 5.77. The van der Waals surface area contributed by atoms with Crippen molar-refractivity contribution in [3.63, 3.8) is 0 Å². The fraction of sp³-hybridized carbons (Fsp3) is 0.667. The molecule has 2 N–H and O–H groups in total. The zero-order valence-corrected chi connectivity index (χ0v) is 12.2. The third-order valence-electron chi connectivity index (χ3n) is 3.55. The lowest BCUT2D eigenvalue weighted by atomic mass is 10.1. The first-order chi connectivity index (χ1) is 7.61. The highest BCUT2D eigenvalue weighted by Crippen LogP contribution is 2.35. The summed E-state index contributed by atoms with van der Waals surface area (Å²) >= 11 is 5.37. The highest BCUT2D eigenvalue weighted by Gasteiger charge is 2.32. The summed E-state index contributed by atoms with van der Waals surface area (Å²) in [6, 6.07) is 5.53. The Morgan fingerprint density at radius 2 is 2.38 bits per heavy atom. The Balaban J connectivity index is 2.07. The predicted octanol–water partition coefficient (Wildman–Crippen LogP) is 3.24. The van der Waals surface area contributed by atoms with Crippen molar-refractivity contribution in [2.24, 2.45) is 11.7 Å². The summed E-state index contributed by atoms with van der Waals surface area (Å²) in [5.74, 6) is 0.681. The van der Waals surface area contributed by atoms with Crippen molar-refractivity contribution in [3.05, 3.63) is 20.8 Å². The Kier molecular flexibility index (Phi) is 4.06. The Labute approximate surface area is 110 Å². The molecule has 1 aromatic heterocycles. The molecule has 90 valence electrons. The summed E-state index contributed by atoms with van der Waals surface area (Å²) in [6.07, 6.45) is 1.24. The number of nitrogens with two attached hydrogens (primary N) is 1. The van der Waals surface area contributed by atoms with Gasteiger partial charge in [-0.2, -0.15) is 0 Å². The van der Waals surface area contributed by atoms with Crippen molar-refractivity contribution in [2.45, 2.75) is 32.4 Å². The molecule has 1 fully saturated rings. The van der Waals surface area contributed by atoms with E-state index in [1.807, 2.05) is 11.3 Å². The highest BCUT2D eigenvalue weighted by atomic mass is 79.9. The monoisotopic (exact) mass is 302 g/mol. The molecule has 3 unspecified atom stereocenters. The summed E-state index contributed by atoms with van der Waals surface area (Å²) in [5, 5.41) is 0. The third-order valence-corrected chi connectivity index (χ3v) is 5.34. The summed E-state index contributed by atoms with van der Waals surface area (Å²) in [6.45, 7) is 6.58. The van der Waals surface area contributed by atoms with Gasteiger partial charge in [-0.25, -0.2) is 0 Å². The van der Waals surface area contributed by atoms with Crippen LogP contribution < -0.4 is 5.73 Å². The molecule has 2 nitrogen and oxygen atoms in total. The topological polar surface area (TPSA) is 29.3 Å². The van der Waals surface area contributed by atoms with E-state index >= 15 is 0 Å². The van der Waals surface area contributed by atoms with E-state index < -0.39 is 0 Å². The molecule has 16 heavy (non-hydrogen) atoms. The van der Waals surface area contributed by atoms with Crippen molar-refractivity contribution in [3.8, 4) is 0 Å². The molecule has 2 rings (SSSR count). The average molecular weight is 303 g/mol. The summed E-state index contributed by atoms with van der Waals surface area (Å²) in [4.78, 5) is 4.02. The van der Waals surface area contributed by atoms with Crippen LogP contribution in [0.4, 0.5) is 0 Å². The van der Waals surface area contributed by atoms with Gasteiger partial charge in [0.05, 0.1) is 3.79 Å². The molecule has 3 atom stereocenters. The van der Waals surface area contributed by atoms with Crippen LogP contribution in [0.3, 0.4) is 0 Å². The highest BCUT2D eigenvalue weighted by molar-refractivity contribution is 9.11. The van der Waals surface area contributed by atoms with Gasteiger partial charge in [-0.15, -0.1) is 11.3 Å². The zero-order valence-electron chi connectivity index (χ0n) is 9.82. The Hall–Kier alpha value is 0.1000. The van der Waals surface area contributed by atoms with Crippen molar-refractivity contribution in [1.82, 2.24) is 4.90 Å². The van der Waals surface area contributed by atoms with E-state index in [-0.39, 0.29) is 0 Å². The molecule has 2 heterocycles. The van der Waals surface area contributed by atoms with Crippen LogP contribution in [-0.2, 0) is 0 Å². The van der Waals surface area contributed by atoms with Gasteiger partial charge in [0.25, 0.3) is 0 Å². The second kappa shape index (κ2) is 5.17. The van der Waals surface area contributed by atoms with Crippen LogP contribution in [0.5, 0.6) is 0 Å². The smallest absolute Gasteiger partial charge is 0.0701 e. The third kappa shape index (κ3) is 2.50. The second-order valence-electron chi connectivity index (χ2n) is 4.70. The normalized spacial score (nSPS) is 28.5. The number of rotatable bonds is 3. The van der Waals surface area contributed by atoms with Gasteiger partial charge >= 0.3 is 0 Å². The maximum atomic E-state index is 5.77. The molecule has 1 aromatic rings. The van der Waals surface area contributed by atoms with Gasteiger partial charge in [0.15, 0.2) is 0 Å². The summed E-state index contributed by atoms with van der Waals surface area (Å²) in [5.41, 5.74) is 5.77. The Morgan fingerprint density at radius 1 is 1.62 bits per heavy atom. The van der Waals surface area contributed by atoms with Crippen LogP contribution in [0.15, 0.2) is 15.9 Å². The van der Waals surface area contributed by atoms with Crippen LogP contribution in [0, 0.1) is 5.92 Å². The zero-order chi connectivity index (χ0) is 11.7. The van der Waals surface area contributed by atoms with Crippen LogP contribution >= 0.6 is 27.3 Å². The lowest BCUT2D eigenvalue weighted by molar-refractivity contribution is 0.203. The van der Waals surface area contributed by atoms with Crippen molar-refractivity contribution >= 4 is 27.3 Å². The molecular weight excluding hydrogens is 284 g/mol. The molecule has 0 aliphatic carbocycles. The number of likely N-dealkylation sites (tertiary alicyclic amines) is 1. The Bertz CT molecular complexity index is 353. The molecule has 1 saturated heterocycles. The van der Waals surface area contributed by atoms with Crippen LogP contribution in [0.25, 0.3) is 0 Å². The van der Waals surface area contributed by atoms with Crippen LogP contribution in [0.2, 0.25) is 0 Å². The fourth-order valence-electron chi connectivity index (χ4n) is 2.60. The minimum absolute atomic E-state index is 0.517. The van der Waals surface area contributed by atoms with E-state index in [2.05, 4.69) is 46.8 Å². The van der Waals surface area contributed by atoms with Gasteiger partial charge in [-0.05, 0) is 60.8 Å². The van der Waals surface area contributed by atoms with E-state index in [4.69, 9.17) is 5.73 Å². The van der Waals surface area contributed by atoms with Crippen molar-refractivity contribution in [2.75, 3.05) is 13.1 Å². The largest absolute Gasteiger partial charge is 0.330 e. The molecule has 0 aromatic carbocycles. The van der Waals surface area contributed by atoms with Crippen molar-refractivity contribution in [1.29, 1.82) is 0 Å². The molecule has 0 radical (unpaired) electrons. The molecule has 4 heteroatoms. The summed E-state index contributed by atoms with van der Waals surface area (Å²) < 4.78 is 1.22. The number of nitrogens with zero attached hydrogens (tertiary/aromatic N) is 1. The number of hydrogen-bond acceptors (Lipinski definition) is 3. The minimum atomic E-state index is 0.517. The molecule has 0 amide bonds. The first kappa shape index (κ1) is 12.6. The maximum Gasteiger partial charge on any atom is 0.0701 e. The van der Waals surface area contributed by atoms with E-state index in [1.54, 1.807) is 0 Å². The summed E-state index contributed by atoms with van der Waals surface area (Å²) in [7, 11) is 0. The number of hydrogen-bond donors (Lipinski definition) is 1. The molecule has 1 aliphatic rings. The number of thiophene rings is 1. The van der Waals surface area contributed by atoms with Crippen molar-refractivity contribution < 1.29 is 0 Å². The van der Waals surface area contributed by atoms with Gasteiger partial charge in [-0.1, -0.05) is 0 Å². The van der Waals surface area contributed by atoms with E-state index in [0.717, 1.165) is 13.1 Å². The van der Waals surface area contributed by atoms with E-state index in [9.17, 15) is 0 Å². The van der Waals surface area contributed by atoms with E-state index in [0.29, 0.717) is 18.0 Å². The average Bonchev–Trinajstić information content (AvgIpc) is 2.83. The minimum Gasteiger partial charge on any atom is -0.330 e. The quantitative estimate of drug-likeness (QED) is 0.929. The molecule has 0 saturated carbocycles. The molecular formula is C12H19BrN2S. The molecule has 1 aliphatic heterocycles. The first-order valence-corrected chi connectivity index (χ1v) is 7.43. The lowest BCUT2D eigenvalue weighted by Crippen LogP contribution is -2.30. The molecule has 0 spiro atoms. The second-order valence-corrected chi connectivity index (χ2v) is 7.20. The van der Waals surface area contributed by atoms with Crippen LogP contribution in [0.1, 0.15) is 31.2 Å². The SMILES string of the molecule is CC1CC(CN)CN1C(C)c1ccc(Br)s1. The van der Waals surface area contributed by atoms with E-state index in [1.165, 1.54) is 15.1 Å².